The number of aliphatic hydroxyl groups is 2. The van der Waals surface area contributed by atoms with Gasteiger partial charge >= 0.3 is 11.9 Å². The number of aromatic nitrogens is 1. The topological polar surface area (TPSA) is 194 Å². The zero-order valence-corrected chi connectivity index (χ0v) is 35.3. The predicted molar refractivity (Wildman–Crippen MR) is 221 cm³/mol. The molecule has 1 aliphatic rings. The third-order valence-corrected chi connectivity index (χ3v) is 11.8. The fourth-order valence-electron chi connectivity index (χ4n) is 6.94. The van der Waals surface area contributed by atoms with Crippen LogP contribution in [0.5, 0.6) is 17.2 Å². The molecule has 2 atom stereocenters. The normalized spacial score (nSPS) is 16.1. The summed E-state index contributed by atoms with van der Waals surface area (Å²) in [5, 5.41) is 32.0. The molecule has 1 unspecified atom stereocenters. The Balaban J connectivity index is 1.28. The molecule has 3 aromatic carbocycles. The number of nitrogens with zero attached hydrogens (tertiary/aromatic N) is 2. The van der Waals surface area contributed by atoms with Crippen LogP contribution in [0.4, 0.5) is 0 Å². The van der Waals surface area contributed by atoms with Crippen LogP contribution in [0.1, 0.15) is 47.6 Å². The average Bonchev–Trinajstić information content (AvgIpc) is 3.64. The summed E-state index contributed by atoms with van der Waals surface area (Å²) >= 11 is 6.71. The number of hydrogen-bond acceptors (Lipinski definition) is 13. The summed E-state index contributed by atoms with van der Waals surface area (Å²) in [7, 11) is -3.51. The van der Waals surface area contributed by atoms with Gasteiger partial charge in [0.15, 0.2) is 9.84 Å². The van der Waals surface area contributed by atoms with Gasteiger partial charge in [-0.1, -0.05) is 41.9 Å². The number of hydrogen-bond donors (Lipinski definition) is 4. The van der Waals surface area contributed by atoms with E-state index in [9.17, 15) is 33.3 Å². The first-order chi connectivity index (χ1) is 28.2. The summed E-state index contributed by atoms with van der Waals surface area (Å²) in [6.45, 7) is 7.67. The van der Waals surface area contributed by atoms with Gasteiger partial charge in [0.1, 0.15) is 41.9 Å². The Kier molecular flexibility index (Phi) is 15.7. The molecule has 0 saturated carbocycles. The molecule has 1 aliphatic heterocycles. The molecule has 0 bridgehead atoms. The zero-order valence-electron chi connectivity index (χ0n) is 33.7. The van der Waals surface area contributed by atoms with Gasteiger partial charge in [0, 0.05) is 55.5 Å². The summed E-state index contributed by atoms with van der Waals surface area (Å²) in [4.78, 5) is 30.3. The Morgan fingerprint density at radius 1 is 0.949 bits per heavy atom. The molecule has 59 heavy (non-hydrogen) atoms. The molecule has 318 valence electrons. The maximum atomic E-state index is 12.5. The largest absolute Gasteiger partial charge is 0.493 e. The molecule has 0 amide bonds. The van der Waals surface area contributed by atoms with Gasteiger partial charge in [-0.3, -0.25) is 19.9 Å². The zero-order chi connectivity index (χ0) is 42.7. The van der Waals surface area contributed by atoms with Crippen LogP contribution in [0.3, 0.4) is 0 Å². The van der Waals surface area contributed by atoms with E-state index >= 15 is 0 Å². The minimum Gasteiger partial charge on any atom is -0.493 e. The summed E-state index contributed by atoms with van der Waals surface area (Å²) in [5.74, 6) is -0.195. The number of carboxylic acids is 1. The maximum absolute atomic E-state index is 12.5. The highest BCUT2D eigenvalue weighted by molar-refractivity contribution is 7.90. The van der Waals surface area contributed by atoms with Gasteiger partial charge in [-0.05, 0) is 86.2 Å². The van der Waals surface area contributed by atoms with Crippen molar-refractivity contribution in [3.63, 3.8) is 0 Å². The number of nitrogens with one attached hydrogen (secondary N) is 1. The van der Waals surface area contributed by atoms with Crippen LogP contribution in [-0.2, 0) is 43.9 Å². The van der Waals surface area contributed by atoms with Crippen molar-refractivity contribution in [3.05, 3.63) is 99.8 Å². The van der Waals surface area contributed by atoms with E-state index in [2.05, 4.69) is 15.2 Å². The highest BCUT2D eigenvalue weighted by Gasteiger charge is 2.45. The second-order valence-corrected chi connectivity index (χ2v) is 17.1. The Morgan fingerprint density at radius 2 is 1.68 bits per heavy atom. The quantitative estimate of drug-likeness (QED) is 0.0637. The lowest BCUT2D eigenvalue weighted by atomic mass is 9.88. The number of benzene rings is 3. The lowest BCUT2D eigenvalue weighted by Gasteiger charge is -2.24. The standard InChI is InChI=1S/C43H52ClN3O11S/c1-5-55-42(52)43(27-49)13-15-47(26-43)14-8-16-56-38-12-7-11-35(29(38)3)34-10-6-9-31(28(34)2)25-58-40-19-39(32(18-36(40)44)21-46-37(23-48)41(50)51)57-24-30-17-33(22-45-20-30)59(4,53)54/h6-7,9-12,17-20,22,37,46,48-49H,5,8,13-16,21,23-27H2,1-4H3,(H,50,51)/t37-,43?/m1/s1. The molecule has 0 radical (unpaired) electrons. The van der Waals surface area contributed by atoms with Crippen molar-refractivity contribution in [1.82, 2.24) is 15.2 Å². The summed E-state index contributed by atoms with van der Waals surface area (Å²) in [5.41, 5.74) is 5.00. The molecule has 4 N–H and O–H groups in total. The Bertz CT molecular complexity index is 2220. The van der Waals surface area contributed by atoms with Crippen molar-refractivity contribution in [2.24, 2.45) is 5.41 Å². The molecule has 0 spiro atoms. The Morgan fingerprint density at radius 3 is 2.37 bits per heavy atom. The SMILES string of the molecule is CCOC(=O)C1(CO)CCN(CCCOc2cccc(-c3cccc(COc4cc(OCc5cncc(S(C)(=O)=O)c5)c(CN[C@H](CO)C(=O)O)cc4Cl)c3C)c2C)C1. The fourth-order valence-corrected chi connectivity index (χ4v) is 7.80. The first kappa shape index (κ1) is 45.3. The lowest BCUT2D eigenvalue weighted by Crippen LogP contribution is -2.39. The molecule has 1 aromatic heterocycles. The maximum Gasteiger partial charge on any atom is 0.323 e. The average molecular weight is 854 g/mol. The van der Waals surface area contributed by atoms with Crippen LogP contribution in [-0.4, -0.2) is 104 Å². The van der Waals surface area contributed by atoms with Gasteiger partial charge in [-0.25, -0.2) is 8.42 Å². The number of likely N-dealkylation sites (tertiary alicyclic amines) is 1. The van der Waals surface area contributed by atoms with Crippen molar-refractivity contribution >= 4 is 33.4 Å². The van der Waals surface area contributed by atoms with Crippen LogP contribution >= 0.6 is 11.6 Å². The van der Waals surface area contributed by atoms with Crippen LogP contribution in [0.2, 0.25) is 5.02 Å². The molecule has 1 fully saturated rings. The van der Waals surface area contributed by atoms with E-state index in [1.807, 2.05) is 50.2 Å². The minimum atomic E-state index is -3.51. The number of carbonyl (C=O) groups excluding carboxylic acids is 1. The number of carboxylic acid groups (broad SMARTS) is 1. The molecule has 5 rings (SSSR count). The third kappa shape index (κ3) is 11.5. The van der Waals surface area contributed by atoms with Crippen molar-refractivity contribution in [3.8, 4) is 28.4 Å². The van der Waals surface area contributed by atoms with Crippen molar-refractivity contribution in [2.45, 2.75) is 64.3 Å². The van der Waals surface area contributed by atoms with Crippen LogP contribution in [0.25, 0.3) is 11.1 Å². The summed E-state index contributed by atoms with van der Waals surface area (Å²) in [6.07, 6.45) is 5.13. The number of aliphatic hydroxyl groups excluding tert-OH is 2. The van der Waals surface area contributed by atoms with Crippen LogP contribution < -0.4 is 19.5 Å². The van der Waals surface area contributed by atoms with E-state index in [1.54, 1.807) is 19.1 Å². The van der Waals surface area contributed by atoms with E-state index < -0.39 is 33.9 Å². The van der Waals surface area contributed by atoms with E-state index in [0.717, 1.165) is 52.8 Å². The van der Waals surface area contributed by atoms with Gasteiger partial charge in [-0.2, -0.15) is 0 Å². The van der Waals surface area contributed by atoms with Gasteiger partial charge < -0.3 is 39.2 Å². The van der Waals surface area contributed by atoms with Gasteiger partial charge in [-0.15, -0.1) is 0 Å². The lowest BCUT2D eigenvalue weighted by molar-refractivity contribution is -0.157. The van der Waals surface area contributed by atoms with E-state index in [4.69, 9.17) is 30.5 Å². The van der Waals surface area contributed by atoms with E-state index in [1.165, 1.54) is 18.5 Å². The van der Waals surface area contributed by atoms with Crippen molar-refractivity contribution < 1.29 is 52.3 Å². The van der Waals surface area contributed by atoms with Crippen LogP contribution in [0.15, 0.2) is 71.9 Å². The summed E-state index contributed by atoms with van der Waals surface area (Å²) in [6, 6.07) is 15.3. The molecule has 16 heteroatoms. The molecule has 14 nitrogen and oxygen atoms in total. The number of sulfone groups is 1. The second kappa shape index (κ2) is 20.5. The summed E-state index contributed by atoms with van der Waals surface area (Å²) < 4.78 is 48.1. The van der Waals surface area contributed by atoms with Gasteiger partial charge in [0.05, 0.1) is 36.3 Å². The third-order valence-electron chi connectivity index (χ3n) is 10.5. The first-order valence-corrected chi connectivity index (χ1v) is 21.6. The smallest absolute Gasteiger partial charge is 0.323 e. The van der Waals surface area contributed by atoms with Gasteiger partial charge in [0.2, 0.25) is 0 Å². The number of halogens is 1. The molecule has 1 saturated heterocycles. The number of carbonyl (C=O) groups is 2. The number of pyridine rings is 1. The number of rotatable bonds is 21. The monoisotopic (exact) mass is 853 g/mol. The van der Waals surface area contributed by atoms with E-state index in [0.29, 0.717) is 48.7 Å². The molecule has 0 aliphatic carbocycles. The highest BCUT2D eigenvalue weighted by atomic mass is 35.5. The Hall–Kier alpha value is -4.77. The highest BCUT2D eigenvalue weighted by Crippen LogP contribution is 2.37. The molecule has 4 aromatic rings. The predicted octanol–water partition coefficient (Wildman–Crippen LogP) is 5.13. The van der Waals surface area contributed by atoms with Crippen molar-refractivity contribution in [2.75, 3.05) is 52.3 Å². The molecular formula is C43H52ClN3O11S. The fraction of sp³-hybridized carbons (Fsp3) is 0.419. The number of esters is 1. The van der Waals surface area contributed by atoms with Crippen molar-refractivity contribution in [1.29, 1.82) is 0 Å². The van der Waals surface area contributed by atoms with Gasteiger partial charge in [0.25, 0.3) is 0 Å². The number of aliphatic carboxylic acids is 1. The first-order valence-electron chi connectivity index (χ1n) is 19.3. The van der Waals surface area contributed by atoms with E-state index in [-0.39, 0.29) is 48.9 Å². The van der Waals surface area contributed by atoms with Crippen LogP contribution in [0, 0.1) is 19.3 Å². The molecular weight excluding hydrogens is 802 g/mol. The minimum absolute atomic E-state index is 0.0153. The second-order valence-electron chi connectivity index (χ2n) is 14.6. The Labute approximate surface area is 350 Å². The number of ether oxygens (including phenoxy) is 4. The molecule has 2 heterocycles.